The van der Waals surface area contributed by atoms with Gasteiger partial charge in [0.05, 0.1) is 6.20 Å². The van der Waals surface area contributed by atoms with Gasteiger partial charge in [-0.2, -0.15) is 5.10 Å². The van der Waals surface area contributed by atoms with Crippen LogP contribution in [0.25, 0.3) is 33.4 Å². The van der Waals surface area contributed by atoms with Crippen LogP contribution < -0.4 is 0 Å². The van der Waals surface area contributed by atoms with Crippen LogP contribution in [0, 0.1) is 5.92 Å². The fourth-order valence-electron chi connectivity index (χ4n) is 4.91. The van der Waals surface area contributed by atoms with Crippen molar-refractivity contribution in [2.45, 2.75) is 18.4 Å². The fraction of sp³-hybridized carbons (Fsp3) is 0.269. The highest BCUT2D eigenvalue weighted by atomic mass is 16.5. The Labute approximate surface area is 196 Å². The van der Waals surface area contributed by atoms with Gasteiger partial charge in [0.15, 0.2) is 11.4 Å². The maximum atomic E-state index is 12.1. The third-order valence-corrected chi connectivity index (χ3v) is 6.76. The van der Waals surface area contributed by atoms with Gasteiger partial charge in [-0.3, -0.25) is 4.68 Å². The van der Waals surface area contributed by atoms with E-state index in [9.17, 15) is 5.11 Å². The van der Waals surface area contributed by atoms with E-state index in [1.54, 1.807) is 4.68 Å². The van der Waals surface area contributed by atoms with Crippen LogP contribution in [0.3, 0.4) is 0 Å². The highest BCUT2D eigenvalue weighted by Gasteiger charge is 2.44. The Bertz CT molecular complexity index is 1430. The summed E-state index contributed by atoms with van der Waals surface area (Å²) in [6.07, 6.45) is 8.96. The van der Waals surface area contributed by atoms with Gasteiger partial charge in [0.25, 0.3) is 0 Å². The van der Waals surface area contributed by atoms with Crippen LogP contribution in [-0.4, -0.2) is 43.2 Å². The van der Waals surface area contributed by atoms with E-state index in [1.165, 1.54) is 0 Å². The number of hydrogen-bond acceptors (Lipinski definition) is 6. The molecule has 2 N–H and O–H groups in total. The van der Waals surface area contributed by atoms with Gasteiger partial charge in [-0.1, -0.05) is 35.5 Å². The molecular weight excluding hydrogens is 430 g/mol. The zero-order chi connectivity index (χ0) is 23.1. The molecule has 0 spiro atoms. The Morgan fingerprint density at radius 2 is 1.91 bits per heavy atom. The predicted octanol–water partition coefficient (Wildman–Crippen LogP) is 4.28. The number of nitrogens with one attached hydrogen (secondary N) is 1. The molecule has 1 unspecified atom stereocenters. The van der Waals surface area contributed by atoms with Crippen LogP contribution in [0.4, 0.5) is 0 Å². The number of rotatable bonds is 5. The number of aromatic amines is 1. The molecule has 34 heavy (non-hydrogen) atoms. The number of aromatic nitrogens is 5. The van der Waals surface area contributed by atoms with Gasteiger partial charge >= 0.3 is 0 Å². The fourth-order valence-corrected chi connectivity index (χ4v) is 4.91. The first-order valence-corrected chi connectivity index (χ1v) is 11.4. The molecule has 0 bridgehead atoms. The van der Waals surface area contributed by atoms with Crippen LogP contribution in [0.5, 0.6) is 0 Å². The van der Waals surface area contributed by atoms with E-state index >= 15 is 0 Å². The summed E-state index contributed by atoms with van der Waals surface area (Å²) in [4.78, 5) is 7.80. The number of benzene rings is 1. The number of fused-ring (bicyclic) bond motifs is 1. The highest BCUT2D eigenvalue weighted by Crippen LogP contribution is 2.43. The number of aryl methyl sites for hydroxylation is 1. The summed E-state index contributed by atoms with van der Waals surface area (Å²) in [5, 5.41) is 21.6. The summed E-state index contributed by atoms with van der Waals surface area (Å²) in [6.45, 7) is 1.23. The van der Waals surface area contributed by atoms with Crippen molar-refractivity contribution in [3.8, 4) is 22.4 Å². The minimum Gasteiger partial charge on any atom is -0.381 e. The van der Waals surface area contributed by atoms with Crippen LogP contribution in [-0.2, 0) is 17.4 Å². The number of pyridine rings is 1. The summed E-state index contributed by atoms with van der Waals surface area (Å²) < 4.78 is 13.2. The summed E-state index contributed by atoms with van der Waals surface area (Å²) >= 11 is 0. The molecule has 5 heterocycles. The largest absolute Gasteiger partial charge is 0.381 e. The molecule has 8 nitrogen and oxygen atoms in total. The van der Waals surface area contributed by atoms with Crippen LogP contribution in [0.15, 0.2) is 71.8 Å². The number of nitrogens with zero attached hydrogens (tertiary/aromatic N) is 4. The summed E-state index contributed by atoms with van der Waals surface area (Å²) in [5.74, 6) is 0.401. The molecule has 1 aliphatic rings. The van der Waals surface area contributed by atoms with E-state index in [0.717, 1.165) is 46.1 Å². The van der Waals surface area contributed by atoms with Crippen molar-refractivity contribution >= 4 is 11.0 Å². The van der Waals surface area contributed by atoms with Gasteiger partial charge < -0.3 is 19.4 Å². The first kappa shape index (κ1) is 20.8. The van der Waals surface area contributed by atoms with Gasteiger partial charge in [-0.15, -0.1) is 0 Å². The molecule has 1 aromatic carbocycles. The molecule has 0 amide bonds. The quantitative estimate of drug-likeness (QED) is 0.410. The van der Waals surface area contributed by atoms with Crippen molar-refractivity contribution in [2.24, 2.45) is 13.0 Å². The average molecular weight is 456 g/mol. The maximum absolute atomic E-state index is 12.1. The molecule has 0 radical (unpaired) electrons. The zero-order valence-corrected chi connectivity index (χ0v) is 18.8. The normalized spacial score (nSPS) is 16.6. The second-order valence-electron chi connectivity index (χ2n) is 8.82. The molecule has 0 aliphatic carbocycles. The van der Waals surface area contributed by atoms with E-state index in [-0.39, 0.29) is 5.92 Å². The Morgan fingerprint density at radius 1 is 1.09 bits per heavy atom. The second-order valence-corrected chi connectivity index (χ2v) is 8.82. The molecule has 1 saturated heterocycles. The predicted molar refractivity (Wildman–Crippen MR) is 127 cm³/mol. The minimum absolute atomic E-state index is 0.0359. The lowest BCUT2D eigenvalue weighted by atomic mass is 9.75. The summed E-state index contributed by atoms with van der Waals surface area (Å²) in [6, 6.07) is 13.6. The molecule has 0 saturated carbocycles. The summed E-state index contributed by atoms with van der Waals surface area (Å²) in [7, 11) is 1.89. The lowest BCUT2D eigenvalue weighted by Crippen LogP contribution is -2.39. The minimum atomic E-state index is -1.29. The Hall–Kier alpha value is -3.75. The Morgan fingerprint density at radius 3 is 2.68 bits per heavy atom. The SMILES string of the molecule is Cn1cc(-c2cnc3[nH]cc(-c4cc(C(O)(c5ccccc5)C5CCOCC5)on4)c3c2)cn1. The average Bonchev–Trinajstić information content (AvgIpc) is 3.64. The van der Waals surface area contributed by atoms with Crippen molar-refractivity contribution in [1.29, 1.82) is 0 Å². The molecule has 6 rings (SSSR count). The molecule has 8 heteroatoms. The molecule has 172 valence electrons. The standard InChI is InChI=1S/C26H25N5O3/c1-31-16-18(14-29-31)17-11-21-22(15-28-25(21)27-13-17)23-12-24(34-30-23)26(32,19-5-3-2-4-6-19)20-7-9-33-10-8-20/h2-6,11-16,20,32H,7-10H2,1H3,(H,27,28). The number of aliphatic hydroxyl groups is 1. The first-order chi connectivity index (χ1) is 16.6. The van der Waals surface area contributed by atoms with E-state index in [1.807, 2.05) is 68.2 Å². The number of ether oxygens (including phenoxy) is 1. The second kappa shape index (κ2) is 8.23. The monoisotopic (exact) mass is 455 g/mol. The van der Waals surface area contributed by atoms with Gasteiger partial charge in [0.2, 0.25) is 0 Å². The highest BCUT2D eigenvalue weighted by molar-refractivity contribution is 5.94. The van der Waals surface area contributed by atoms with Gasteiger partial charge in [0, 0.05) is 72.9 Å². The van der Waals surface area contributed by atoms with Crippen molar-refractivity contribution in [3.05, 3.63) is 78.6 Å². The number of H-pyrrole nitrogens is 1. The Kier molecular flexibility index (Phi) is 5.04. The third-order valence-electron chi connectivity index (χ3n) is 6.76. The van der Waals surface area contributed by atoms with Crippen LogP contribution >= 0.6 is 0 Å². The van der Waals surface area contributed by atoms with E-state index < -0.39 is 5.60 Å². The van der Waals surface area contributed by atoms with Crippen molar-refractivity contribution in [2.75, 3.05) is 13.2 Å². The lowest BCUT2D eigenvalue weighted by molar-refractivity contribution is -0.0574. The van der Waals surface area contributed by atoms with E-state index in [2.05, 4.69) is 26.3 Å². The lowest BCUT2D eigenvalue weighted by Gasteiger charge is -2.36. The first-order valence-electron chi connectivity index (χ1n) is 11.4. The van der Waals surface area contributed by atoms with Crippen LogP contribution in [0.2, 0.25) is 0 Å². The van der Waals surface area contributed by atoms with Crippen molar-refractivity contribution < 1.29 is 14.4 Å². The van der Waals surface area contributed by atoms with Gasteiger partial charge in [-0.05, 0) is 24.5 Å². The van der Waals surface area contributed by atoms with Crippen molar-refractivity contribution in [3.63, 3.8) is 0 Å². The molecule has 1 atom stereocenters. The molecule has 4 aromatic heterocycles. The zero-order valence-electron chi connectivity index (χ0n) is 18.8. The van der Waals surface area contributed by atoms with Crippen LogP contribution in [0.1, 0.15) is 24.2 Å². The van der Waals surface area contributed by atoms with Crippen molar-refractivity contribution in [1.82, 2.24) is 24.9 Å². The number of hydrogen-bond donors (Lipinski definition) is 2. The summed E-state index contributed by atoms with van der Waals surface area (Å²) in [5.41, 5.74) is 3.73. The molecule has 1 aliphatic heterocycles. The topological polar surface area (TPSA) is 102 Å². The van der Waals surface area contributed by atoms with E-state index in [0.29, 0.717) is 24.7 Å². The Balaban J connectivity index is 1.43. The smallest absolute Gasteiger partial charge is 0.173 e. The van der Waals surface area contributed by atoms with E-state index in [4.69, 9.17) is 9.26 Å². The molecule has 5 aromatic rings. The molecule has 1 fully saturated rings. The maximum Gasteiger partial charge on any atom is 0.173 e. The van der Waals surface area contributed by atoms with Gasteiger partial charge in [-0.25, -0.2) is 4.98 Å². The van der Waals surface area contributed by atoms with Gasteiger partial charge in [0.1, 0.15) is 11.3 Å². The molecular formula is C26H25N5O3. The third kappa shape index (κ3) is 3.43.